The summed E-state index contributed by atoms with van der Waals surface area (Å²) in [6, 6.07) is 2.06. The lowest BCUT2D eigenvalue weighted by atomic mass is 9.75. The van der Waals surface area contributed by atoms with Gasteiger partial charge in [0.05, 0.1) is 0 Å². The Labute approximate surface area is 109 Å². The van der Waals surface area contributed by atoms with E-state index < -0.39 is 0 Å². The van der Waals surface area contributed by atoms with Crippen molar-refractivity contribution in [2.75, 3.05) is 18.4 Å². The third kappa shape index (κ3) is 2.66. The van der Waals surface area contributed by atoms with E-state index in [9.17, 15) is 4.79 Å². The van der Waals surface area contributed by atoms with Crippen molar-refractivity contribution in [1.29, 1.82) is 0 Å². The minimum absolute atomic E-state index is 0.0768. The molecular formula is C12H16BrN3O. The molecule has 0 aromatic carbocycles. The van der Waals surface area contributed by atoms with E-state index in [-0.39, 0.29) is 5.41 Å². The molecular weight excluding hydrogens is 282 g/mol. The largest absolute Gasteiger partial charge is 0.317 e. The van der Waals surface area contributed by atoms with E-state index in [1.807, 2.05) is 0 Å². The molecule has 0 saturated carbocycles. The van der Waals surface area contributed by atoms with E-state index in [0.717, 1.165) is 36.0 Å². The van der Waals surface area contributed by atoms with Crippen LogP contribution in [-0.2, 0) is 10.2 Å². The molecule has 2 rings (SSSR count). The highest BCUT2D eigenvalue weighted by Crippen LogP contribution is 2.37. The smallest absolute Gasteiger partial charge is 0.212 e. The zero-order valence-corrected chi connectivity index (χ0v) is 11.4. The number of nitrogens with one attached hydrogen (secondary N) is 2. The van der Waals surface area contributed by atoms with Gasteiger partial charge >= 0.3 is 0 Å². The molecule has 0 atom stereocenters. The van der Waals surface area contributed by atoms with E-state index in [2.05, 4.69) is 44.5 Å². The first-order valence-corrected chi connectivity index (χ1v) is 6.52. The zero-order valence-electron chi connectivity index (χ0n) is 9.79. The van der Waals surface area contributed by atoms with E-state index in [1.54, 1.807) is 6.20 Å². The van der Waals surface area contributed by atoms with E-state index >= 15 is 0 Å². The lowest BCUT2D eigenvalue weighted by Crippen LogP contribution is -2.38. The fourth-order valence-electron chi connectivity index (χ4n) is 2.32. The van der Waals surface area contributed by atoms with Crippen LogP contribution in [0, 0.1) is 0 Å². The van der Waals surface area contributed by atoms with Gasteiger partial charge in [-0.05, 0) is 53.3 Å². The lowest BCUT2D eigenvalue weighted by Gasteiger charge is -2.35. The molecule has 4 nitrogen and oxygen atoms in total. The van der Waals surface area contributed by atoms with Crippen molar-refractivity contribution < 1.29 is 4.79 Å². The summed E-state index contributed by atoms with van der Waals surface area (Å²) in [6.45, 7) is 4.24. The summed E-state index contributed by atoms with van der Waals surface area (Å²) in [7, 11) is 0. The molecule has 5 heteroatoms. The number of aromatic nitrogens is 1. The number of piperidine rings is 1. The number of hydrogen-bond donors (Lipinski definition) is 2. The predicted molar refractivity (Wildman–Crippen MR) is 71.1 cm³/mol. The number of nitrogens with zero attached hydrogens (tertiary/aromatic N) is 1. The van der Waals surface area contributed by atoms with Crippen molar-refractivity contribution in [3.63, 3.8) is 0 Å². The van der Waals surface area contributed by atoms with Gasteiger partial charge in [-0.25, -0.2) is 4.98 Å². The Bertz CT molecular complexity index is 416. The number of pyridine rings is 1. The Morgan fingerprint density at radius 3 is 2.88 bits per heavy atom. The van der Waals surface area contributed by atoms with Crippen molar-refractivity contribution in [2.24, 2.45) is 0 Å². The van der Waals surface area contributed by atoms with Crippen LogP contribution in [0.2, 0.25) is 0 Å². The van der Waals surface area contributed by atoms with Gasteiger partial charge in [0.2, 0.25) is 6.41 Å². The van der Waals surface area contributed by atoms with Crippen LogP contribution < -0.4 is 10.6 Å². The van der Waals surface area contributed by atoms with Gasteiger partial charge < -0.3 is 10.6 Å². The zero-order chi connectivity index (χ0) is 12.3. The second-order valence-corrected chi connectivity index (χ2v) is 5.54. The number of rotatable bonds is 3. The normalized spacial score (nSPS) is 18.7. The quantitative estimate of drug-likeness (QED) is 0.840. The molecule has 17 heavy (non-hydrogen) atoms. The molecule has 0 radical (unpaired) electrons. The third-order valence-corrected chi connectivity index (χ3v) is 3.84. The number of amides is 1. The second kappa shape index (κ2) is 5.14. The van der Waals surface area contributed by atoms with E-state index in [4.69, 9.17) is 0 Å². The maximum absolute atomic E-state index is 10.6. The molecule has 1 amide bonds. The number of hydrogen-bond acceptors (Lipinski definition) is 3. The van der Waals surface area contributed by atoms with E-state index in [1.165, 1.54) is 0 Å². The van der Waals surface area contributed by atoms with Crippen molar-refractivity contribution in [3.05, 3.63) is 22.3 Å². The van der Waals surface area contributed by atoms with Crippen molar-refractivity contribution in [2.45, 2.75) is 25.2 Å². The highest BCUT2D eigenvalue weighted by atomic mass is 79.9. The van der Waals surface area contributed by atoms with Gasteiger partial charge in [0, 0.05) is 16.2 Å². The lowest BCUT2D eigenvalue weighted by molar-refractivity contribution is -0.105. The molecule has 0 bridgehead atoms. The molecule has 1 aromatic heterocycles. The van der Waals surface area contributed by atoms with Crippen molar-refractivity contribution in [1.82, 2.24) is 10.3 Å². The Morgan fingerprint density at radius 1 is 1.53 bits per heavy atom. The summed E-state index contributed by atoms with van der Waals surface area (Å²) in [5.74, 6) is 0.674. The average molecular weight is 298 g/mol. The molecule has 1 aliphatic rings. The maximum Gasteiger partial charge on any atom is 0.212 e. The molecule has 2 N–H and O–H groups in total. The van der Waals surface area contributed by atoms with Gasteiger partial charge in [0.15, 0.2) is 0 Å². The fourth-order valence-corrected chi connectivity index (χ4v) is 2.65. The van der Waals surface area contributed by atoms with Crippen LogP contribution >= 0.6 is 15.9 Å². The number of carbonyl (C=O) groups excluding carboxylic acids is 1. The minimum Gasteiger partial charge on any atom is -0.317 e. The van der Waals surface area contributed by atoms with Crippen LogP contribution in [-0.4, -0.2) is 24.5 Å². The minimum atomic E-state index is 0.0768. The molecule has 1 fully saturated rings. The summed E-state index contributed by atoms with van der Waals surface area (Å²) in [6.07, 6.45) is 4.50. The van der Waals surface area contributed by atoms with Gasteiger partial charge in [0.25, 0.3) is 0 Å². The number of carbonyl (C=O) groups is 1. The standard InChI is InChI=1S/C12H16BrN3O/c1-12(2-4-14-5-3-12)10-6-9(13)7-15-11(10)16-8-17/h6-8,14H,2-5H2,1H3,(H,15,16,17). The van der Waals surface area contributed by atoms with Crippen molar-refractivity contribution >= 4 is 28.2 Å². The Hall–Kier alpha value is -0.940. The molecule has 1 aliphatic heterocycles. The second-order valence-electron chi connectivity index (χ2n) is 4.62. The number of anilines is 1. The molecule has 1 aromatic rings. The van der Waals surface area contributed by atoms with Crippen molar-refractivity contribution in [3.8, 4) is 0 Å². The molecule has 0 unspecified atom stereocenters. The topological polar surface area (TPSA) is 54.0 Å². The monoisotopic (exact) mass is 297 g/mol. The first-order valence-electron chi connectivity index (χ1n) is 5.73. The summed E-state index contributed by atoms with van der Waals surface area (Å²) >= 11 is 3.44. The molecule has 2 heterocycles. The van der Waals surface area contributed by atoms with Crippen LogP contribution in [0.15, 0.2) is 16.7 Å². The van der Waals surface area contributed by atoms with Gasteiger partial charge in [0.1, 0.15) is 5.82 Å². The summed E-state index contributed by atoms with van der Waals surface area (Å²) in [5, 5.41) is 6.05. The molecule has 0 spiro atoms. The third-order valence-electron chi connectivity index (χ3n) is 3.41. The van der Waals surface area contributed by atoms with Crippen LogP contribution in [0.5, 0.6) is 0 Å². The highest BCUT2D eigenvalue weighted by Gasteiger charge is 2.31. The molecule has 0 aliphatic carbocycles. The fraction of sp³-hybridized carbons (Fsp3) is 0.500. The maximum atomic E-state index is 10.6. The Kier molecular flexibility index (Phi) is 3.79. The van der Waals surface area contributed by atoms with Gasteiger partial charge in [-0.1, -0.05) is 6.92 Å². The SMILES string of the molecule is CC1(c2cc(Br)cnc2NC=O)CCNCC1. The van der Waals surface area contributed by atoms with Crippen LogP contribution in [0.4, 0.5) is 5.82 Å². The van der Waals surface area contributed by atoms with Crippen LogP contribution in [0.3, 0.4) is 0 Å². The summed E-state index contributed by atoms with van der Waals surface area (Å²) in [4.78, 5) is 14.9. The highest BCUT2D eigenvalue weighted by molar-refractivity contribution is 9.10. The summed E-state index contributed by atoms with van der Waals surface area (Å²) < 4.78 is 0.948. The van der Waals surface area contributed by atoms with Gasteiger partial charge in [-0.2, -0.15) is 0 Å². The first kappa shape index (κ1) is 12.5. The average Bonchev–Trinajstić information content (AvgIpc) is 2.33. The van der Waals surface area contributed by atoms with E-state index in [0.29, 0.717) is 12.2 Å². The Balaban J connectivity index is 2.40. The number of halogens is 1. The molecule has 92 valence electrons. The van der Waals surface area contributed by atoms with Gasteiger partial charge in [-0.15, -0.1) is 0 Å². The Morgan fingerprint density at radius 2 is 2.24 bits per heavy atom. The van der Waals surface area contributed by atoms with Gasteiger partial charge in [-0.3, -0.25) is 4.79 Å². The summed E-state index contributed by atoms with van der Waals surface area (Å²) in [5.41, 5.74) is 1.19. The van der Waals surface area contributed by atoms with Crippen LogP contribution in [0.25, 0.3) is 0 Å². The molecule has 1 saturated heterocycles. The predicted octanol–water partition coefficient (Wildman–Crippen LogP) is 2.05. The van der Waals surface area contributed by atoms with Crippen LogP contribution in [0.1, 0.15) is 25.3 Å². The first-order chi connectivity index (χ1) is 8.15.